The average Bonchev–Trinajstić information content (AvgIpc) is 3.35. The SMILES string of the molecule is Cc1onc(-c2ccccc2)c1-c1nnc(C[NH2+][C@H](C)c2ccc(F)c(F)c2)o1. The zero-order chi connectivity index (χ0) is 20.4. The number of aryl methyl sites for hydroxylation is 1. The Bertz CT molecular complexity index is 1120. The van der Waals surface area contributed by atoms with Crippen LogP contribution >= 0.6 is 0 Å². The molecule has 4 rings (SSSR count). The number of quaternary nitrogens is 1. The van der Waals surface area contributed by atoms with Crippen LogP contribution in [0.5, 0.6) is 0 Å². The smallest absolute Gasteiger partial charge is 0.271 e. The maximum Gasteiger partial charge on any atom is 0.271 e. The second-order valence-corrected chi connectivity index (χ2v) is 6.73. The second kappa shape index (κ2) is 7.92. The van der Waals surface area contributed by atoms with Gasteiger partial charge in [-0.15, -0.1) is 10.2 Å². The molecule has 2 aromatic heterocycles. The number of rotatable bonds is 6. The van der Waals surface area contributed by atoms with Crippen LogP contribution in [0.15, 0.2) is 57.5 Å². The normalized spacial score (nSPS) is 12.3. The minimum Gasteiger partial charge on any atom is -0.415 e. The van der Waals surface area contributed by atoms with Crippen molar-refractivity contribution in [1.82, 2.24) is 15.4 Å². The molecule has 1 atom stereocenters. The molecule has 0 radical (unpaired) electrons. The van der Waals surface area contributed by atoms with E-state index in [2.05, 4.69) is 15.4 Å². The first-order valence-corrected chi connectivity index (χ1v) is 9.15. The number of nitrogens with zero attached hydrogens (tertiary/aromatic N) is 3. The molecular formula is C21H19F2N4O2+. The summed E-state index contributed by atoms with van der Waals surface area (Å²) in [5, 5.41) is 14.3. The van der Waals surface area contributed by atoms with E-state index in [1.54, 1.807) is 13.0 Å². The number of benzene rings is 2. The van der Waals surface area contributed by atoms with E-state index in [1.165, 1.54) is 6.07 Å². The van der Waals surface area contributed by atoms with Gasteiger partial charge < -0.3 is 14.3 Å². The molecule has 0 aliphatic carbocycles. The molecule has 4 aromatic rings. The first-order chi connectivity index (χ1) is 14.0. The number of halogens is 2. The highest BCUT2D eigenvalue weighted by Crippen LogP contribution is 2.33. The van der Waals surface area contributed by atoms with Gasteiger partial charge in [-0.2, -0.15) is 0 Å². The van der Waals surface area contributed by atoms with Gasteiger partial charge in [0, 0.05) is 11.1 Å². The fourth-order valence-electron chi connectivity index (χ4n) is 3.06. The first-order valence-electron chi connectivity index (χ1n) is 9.15. The van der Waals surface area contributed by atoms with Crippen molar-refractivity contribution >= 4 is 0 Å². The highest BCUT2D eigenvalue weighted by Gasteiger charge is 2.22. The van der Waals surface area contributed by atoms with Gasteiger partial charge in [0.15, 0.2) is 18.2 Å². The van der Waals surface area contributed by atoms with Gasteiger partial charge in [-0.3, -0.25) is 0 Å². The maximum absolute atomic E-state index is 13.4. The van der Waals surface area contributed by atoms with E-state index in [4.69, 9.17) is 8.94 Å². The summed E-state index contributed by atoms with van der Waals surface area (Å²) in [4.78, 5) is 0. The second-order valence-electron chi connectivity index (χ2n) is 6.73. The maximum atomic E-state index is 13.4. The third-order valence-corrected chi connectivity index (χ3v) is 4.71. The van der Waals surface area contributed by atoms with E-state index in [-0.39, 0.29) is 6.04 Å². The third kappa shape index (κ3) is 3.93. The lowest BCUT2D eigenvalue weighted by atomic mass is 10.1. The van der Waals surface area contributed by atoms with Crippen molar-refractivity contribution in [3.8, 4) is 22.7 Å². The van der Waals surface area contributed by atoms with Crippen molar-refractivity contribution < 1.29 is 23.0 Å². The minimum atomic E-state index is -0.862. The molecule has 148 valence electrons. The van der Waals surface area contributed by atoms with E-state index < -0.39 is 11.6 Å². The summed E-state index contributed by atoms with van der Waals surface area (Å²) in [6.45, 7) is 4.07. The number of aromatic nitrogens is 3. The molecule has 0 aliphatic heterocycles. The van der Waals surface area contributed by atoms with Crippen molar-refractivity contribution in [2.45, 2.75) is 26.4 Å². The Morgan fingerprint density at radius 2 is 1.83 bits per heavy atom. The molecule has 2 N–H and O–H groups in total. The predicted molar refractivity (Wildman–Crippen MR) is 100 cm³/mol. The average molecular weight is 397 g/mol. The van der Waals surface area contributed by atoms with Crippen LogP contribution in [-0.4, -0.2) is 15.4 Å². The molecule has 0 saturated carbocycles. The van der Waals surface area contributed by atoms with Crippen LogP contribution in [0.3, 0.4) is 0 Å². The lowest BCUT2D eigenvalue weighted by molar-refractivity contribution is -0.709. The van der Waals surface area contributed by atoms with Crippen molar-refractivity contribution in [2.75, 3.05) is 0 Å². The zero-order valence-electron chi connectivity index (χ0n) is 15.9. The molecule has 6 nitrogen and oxygen atoms in total. The van der Waals surface area contributed by atoms with E-state index in [9.17, 15) is 8.78 Å². The Morgan fingerprint density at radius 1 is 1.03 bits per heavy atom. The van der Waals surface area contributed by atoms with Crippen LogP contribution in [0.1, 0.15) is 30.2 Å². The number of hydrogen-bond acceptors (Lipinski definition) is 5. The van der Waals surface area contributed by atoms with Crippen LogP contribution in [0, 0.1) is 18.6 Å². The van der Waals surface area contributed by atoms with Crippen molar-refractivity contribution in [3.05, 3.63) is 77.4 Å². The van der Waals surface area contributed by atoms with Gasteiger partial charge in [-0.05, 0) is 32.0 Å². The minimum absolute atomic E-state index is 0.113. The third-order valence-electron chi connectivity index (χ3n) is 4.71. The van der Waals surface area contributed by atoms with Crippen molar-refractivity contribution in [1.29, 1.82) is 0 Å². The lowest BCUT2D eigenvalue weighted by Crippen LogP contribution is -2.83. The van der Waals surface area contributed by atoms with Gasteiger partial charge in [-0.1, -0.05) is 35.5 Å². The van der Waals surface area contributed by atoms with E-state index in [1.807, 2.05) is 42.6 Å². The quantitative estimate of drug-likeness (QED) is 0.535. The highest BCUT2D eigenvalue weighted by atomic mass is 19.2. The van der Waals surface area contributed by atoms with Crippen molar-refractivity contribution in [2.24, 2.45) is 0 Å². The summed E-state index contributed by atoms with van der Waals surface area (Å²) >= 11 is 0. The lowest BCUT2D eigenvalue weighted by Gasteiger charge is -2.09. The Morgan fingerprint density at radius 3 is 2.59 bits per heavy atom. The summed E-state index contributed by atoms with van der Waals surface area (Å²) < 4.78 is 37.7. The number of nitrogens with two attached hydrogens (primary N) is 1. The van der Waals surface area contributed by atoms with Gasteiger partial charge in [0.05, 0.1) is 0 Å². The Kier molecular flexibility index (Phi) is 5.18. The van der Waals surface area contributed by atoms with Gasteiger partial charge in [0.25, 0.3) is 11.8 Å². The summed E-state index contributed by atoms with van der Waals surface area (Å²) in [5.74, 6) is -0.404. The molecule has 0 aliphatic rings. The first kappa shape index (κ1) is 18.9. The van der Waals surface area contributed by atoms with Gasteiger partial charge in [0.1, 0.15) is 23.1 Å². The molecular weight excluding hydrogens is 378 g/mol. The molecule has 0 amide bonds. The van der Waals surface area contributed by atoms with Crippen LogP contribution in [-0.2, 0) is 6.54 Å². The summed E-state index contributed by atoms with van der Waals surface area (Å²) in [5.41, 5.74) is 2.85. The van der Waals surface area contributed by atoms with Gasteiger partial charge in [-0.25, -0.2) is 8.78 Å². The van der Waals surface area contributed by atoms with Crippen molar-refractivity contribution in [3.63, 3.8) is 0 Å². The van der Waals surface area contributed by atoms with E-state index in [0.717, 1.165) is 11.6 Å². The molecule has 8 heteroatoms. The Hall–Kier alpha value is -3.39. The Labute approximate surface area is 165 Å². The van der Waals surface area contributed by atoms with Gasteiger partial charge >= 0.3 is 0 Å². The number of hydrogen-bond donors (Lipinski definition) is 1. The molecule has 0 saturated heterocycles. The fourth-order valence-corrected chi connectivity index (χ4v) is 3.06. The molecule has 0 fully saturated rings. The standard InChI is InChI=1S/C21H18F2N4O2/c1-12(15-8-9-16(22)17(23)10-15)24-11-18-25-26-21(28-18)19-13(2)29-27-20(19)14-6-4-3-5-7-14/h3-10,12,24H,11H2,1-2H3/p+1/t12-/m1/s1. The summed E-state index contributed by atoms with van der Waals surface area (Å²) in [7, 11) is 0. The van der Waals surface area contributed by atoms with E-state index in [0.29, 0.717) is 40.9 Å². The fraction of sp³-hybridized carbons (Fsp3) is 0.190. The molecule has 0 spiro atoms. The van der Waals surface area contributed by atoms with Crippen LogP contribution in [0.25, 0.3) is 22.7 Å². The largest absolute Gasteiger partial charge is 0.415 e. The van der Waals surface area contributed by atoms with E-state index >= 15 is 0 Å². The molecule has 2 aromatic carbocycles. The van der Waals surface area contributed by atoms with Crippen LogP contribution < -0.4 is 5.32 Å². The molecule has 2 heterocycles. The zero-order valence-corrected chi connectivity index (χ0v) is 15.9. The topological polar surface area (TPSA) is 81.6 Å². The van der Waals surface area contributed by atoms with Crippen LogP contribution in [0.4, 0.5) is 8.78 Å². The molecule has 0 unspecified atom stereocenters. The summed E-state index contributed by atoms with van der Waals surface area (Å²) in [6.07, 6.45) is 0. The molecule has 0 bridgehead atoms. The van der Waals surface area contributed by atoms with Gasteiger partial charge in [0.2, 0.25) is 0 Å². The Balaban J connectivity index is 1.51. The van der Waals surface area contributed by atoms with Crippen LogP contribution in [0.2, 0.25) is 0 Å². The predicted octanol–water partition coefficient (Wildman–Crippen LogP) is 3.80. The molecule has 29 heavy (non-hydrogen) atoms. The highest BCUT2D eigenvalue weighted by molar-refractivity contribution is 5.77. The summed E-state index contributed by atoms with van der Waals surface area (Å²) in [6, 6.07) is 13.4. The monoisotopic (exact) mass is 397 g/mol.